The second kappa shape index (κ2) is 1.97. The third-order valence-corrected chi connectivity index (χ3v) is 2.48. The Hall–Kier alpha value is 0.180. The van der Waals surface area contributed by atoms with Crippen LogP contribution in [0.1, 0.15) is 6.92 Å². The highest BCUT2D eigenvalue weighted by molar-refractivity contribution is 8.25. The van der Waals surface area contributed by atoms with Crippen molar-refractivity contribution in [3.63, 3.8) is 0 Å². The van der Waals surface area contributed by atoms with Crippen LogP contribution in [0.25, 0.3) is 0 Å². The maximum Gasteiger partial charge on any atom is 0.0586 e. The summed E-state index contributed by atoms with van der Waals surface area (Å²) in [7, 11) is 0. The Labute approximate surface area is 53.0 Å². The molecule has 0 spiro atoms. The van der Waals surface area contributed by atoms with Crippen molar-refractivity contribution in [1.29, 1.82) is 0 Å². The first kappa shape index (κ1) is 5.32. The Balaban J connectivity index is 2.62. The summed E-state index contributed by atoms with van der Waals surface area (Å²) < 4.78 is 1.10. The number of hydrogen-bond acceptors (Lipinski definition) is 2. The van der Waals surface area contributed by atoms with Crippen LogP contribution in [0.3, 0.4) is 0 Å². The molecule has 0 radical (unpaired) electrons. The maximum atomic E-state index is 4.94. The second-order valence-corrected chi connectivity index (χ2v) is 3.20. The summed E-state index contributed by atoms with van der Waals surface area (Å²) in [6.07, 6.45) is 2.12. The Bertz CT molecular complexity index is 115. The summed E-state index contributed by atoms with van der Waals surface area (Å²) in [6, 6.07) is 0. The molecular formula is C5H6S2. The highest BCUT2D eigenvalue weighted by Gasteiger charge is 2.08. The minimum Gasteiger partial charge on any atom is -0.0904 e. The fraction of sp³-hybridized carbons (Fsp3) is 0.400. The van der Waals surface area contributed by atoms with Gasteiger partial charge in [-0.2, -0.15) is 0 Å². The van der Waals surface area contributed by atoms with E-state index in [-0.39, 0.29) is 0 Å². The summed E-state index contributed by atoms with van der Waals surface area (Å²) in [5, 5.41) is 2.05. The first-order valence-corrected chi connectivity index (χ1v) is 3.46. The Morgan fingerprint density at radius 3 is 2.71 bits per heavy atom. The van der Waals surface area contributed by atoms with Crippen molar-refractivity contribution in [1.82, 2.24) is 0 Å². The van der Waals surface area contributed by atoms with Gasteiger partial charge in [-0.15, -0.1) is 0 Å². The highest BCUT2D eigenvalue weighted by Crippen LogP contribution is 2.23. The van der Waals surface area contributed by atoms with Crippen molar-refractivity contribution < 1.29 is 0 Å². The second-order valence-electron chi connectivity index (χ2n) is 1.55. The summed E-state index contributed by atoms with van der Waals surface area (Å²) >= 11 is 6.60. The fourth-order valence-corrected chi connectivity index (χ4v) is 1.40. The number of allylic oxidation sites excluding steroid dienone is 1. The molecule has 7 heavy (non-hydrogen) atoms. The van der Waals surface area contributed by atoms with E-state index in [4.69, 9.17) is 12.2 Å². The largest absolute Gasteiger partial charge is 0.0904 e. The molecule has 1 unspecified atom stereocenters. The molecule has 0 aromatic rings. The number of rotatable bonds is 0. The molecule has 38 valence electrons. The first-order chi connectivity index (χ1) is 3.30. The van der Waals surface area contributed by atoms with Crippen LogP contribution in [-0.2, 0) is 0 Å². The van der Waals surface area contributed by atoms with Crippen LogP contribution >= 0.6 is 24.0 Å². The quantitative estimate of drug-likeness (QED) is 0.461. The van der Waals surface area contributed by atoms with Gasteiger partial charge >= 0.3 is 0 Å². The molecule has 1 heterocycles. The molecule has 0 saturated carbocycles. The van der Waals surface area contributed by atoms with E-state index in [0.717, 1.165) is 4.20 Å². The topological polar surface area (TPSA) is 0 Å². The number of thioether (sulfide) groups is 1. The average Bonchev–Trinajstić information content (AvgIpc) is 1.91. The molecule has 1 atom stereocenters. The third kappa shape index (κ3) is 1.04. The molecule has 0 saturated heterocycles. The van der Waals surface area contributed by atoms with E-state index < -0.39 is 0 Å². The zero-order chi connectivity index (χ0) is 5.28. The van der Waals surface area contributed by atoms with Gasteiger partial charge in [-0.3, -0.25) is 0 Å². The van der Waals surface area contributed by atoms with Gasteiger partial charge in [-0.05, 0) is 5.41 Å². The van der Waals surface area contributed by atoms with Gasteiger partial charge in [0.15, 0.2) is 0 Å². The van der Waals surface area contributed by atoms with E-state index in [2.05, 4.69) is 13.0 Å². The molecule has 0 aromatic carbocycles. The maximum absolute atomic E-state index is 4.94. The zero-order valence-electron chi connectivity index (χ0n) is 4.05. The summed E-state index contributed by atoms with van der Waals surface area (Å²) in [5.41, 5.74) is 0. The molecule has 1 aliphatic rings. The minimum atomic E-state index is 0.528. The Morgan fingerprint density at radius 2 is 2.57 bits per heavy atom. The van der Waals surface area contributed by atoms with Crippen molar-refractivity contribution >= 4 is 28.2 Å². The molecule has 0 aliphatic carbocycles. The van der Waals surface area contributed by atoms with Crippen LogP contribution in [0.4, 0.5) is 0 Å². The first-order valence-electron chi connectivity index (χ1n) is 2.18. The van der Waals surface area contributed by atoms with Gasteiger partial charge in [0.25, 0.3) is 0 Å². The molecule has 0 nitrogen and oxygen atoms in total. The van der Waals surface area contributed by atoms with Crippen molar-refractivity contribution in [2.75, 3.05) is 0 Å². The summed E-state index contributed by atoms with van der Waals surface area (Å²) in [4.78, 5) is 0. The van der Waals surface area contributed by atoms with Crippen molar-refractivity contribution in [2.24, 2.45) is 5.92 Å². The molecule has 0 aromatic heterocycles. The third-order valence-electron chi connectivity index (χ3n) is 0.923. The Kier molecular flexibility index (Phi) is 1.50. The van der Waals surface area contributed by atoms with Crippen LogP contribution in [-0.4, -0.2) is 4.20 Å². The van der Waals surface area contributed by atoms with E-state index >= 15 is 0 Å². The van der Waals surface area contributed by atoms with E-state index in [1.165, 1.54) is 0 Å². The number of thiocarbonyl (C=S) groups is 1. The van der Waals surface area contributed by atoms with Crippen LogP contribution in [0.5, 0.6) is 0 Å². The molecule has 2 heteroatoms. The standard InChI is InChI=1S/C5H6S2/c1-4-2-3-7-5(4)6/h2-4H,1H3. The lowest BCUT2D eigenvalue weighted by atomic mass is 10.2. The molecule has 0 bridgehead atoms. The highest BCUT2D eigenvalue weighted by atomic mass is 32.2. The van der Waals surface area contributed by atoms with Gasteiger partial charge < -0.3 is 0 Å². The lowest BCUT2D eigenvalue weighted by Crippen LogP contribution is -1.92. The van der Waals surface area contributed by atoms with Gasteiger partial charge in [-0.1, -0.05) is 37.0 Å². The minimum absolute atomic E-state index is 0.528. The van der Waals surface area contributed by atoms with Gasteiger partial charge in [0, 0.05) is 5.92 Å². The van der Waals surface area contributed by atoms with Crippen LogP contribution < -0.4 is 0 Å². The molecule has 1 aliphatic heterocycles. The van der Waals surface area contributed by atoms with E-state index in [1.807, 2.05) is 5.41 Å². The van der Waals surface area contributed by atoms with Gasteiger partial charge in [-0.25, -0.2) is 0 Å². The molecule has 1 rings (SSSR count). The van der Waals surface area contributed by atoms with Crippen molar-refractivity contribution in [2.45, 2.75) is 6.92 Å². The normalized spacial score (nSPS) is 29.3. The van der Waals surface area contributed by atoms with Crippen LogP contribution in [0, 0.1) is 5.92 Å². The van der Waals surface area contributed by atoms with Crippen LogP contribution in [0.15, 0.2) is 11.5 Å². The summed E-state index contributed by atoms with van der Waals surface area (Å²) in [5.74, 6) is 0.528. The number of hydrogen-bond donors (Lipinski definition) is 0. The smallest absolute Gasteiger partial charge is 0.0586 e. The molecular weight excluding hydrogens is 124 g/mol. The molecule has 0 N–H and O–H groups in total. The van der Waals surface area contributed by atoms with Gasteiger partial charge in [0.2, 0.25) is 0 Å². The molecule has 0 fully saturated rings. The van der Waals surface area contributed by atoms with Crippen molar-refractivity contribution in [3.05, 3.63) is 11.5 Å². The average molecular weight is 130 g/mol. The van der Waals surface area contributed by atoms with Crippen LogP contribution in [0.2, 0.25) is 0 Å². The fourth-order valence-electron chi connectivity index (χ4n) is 0.410. The van der Waals surface area contributed by atoms with E-state index in [0.29, 0.717) is 5.92 Å². The summed E-state index contributed by atoms with van der Waals surface area (Å²) in [6.45, 7) is 2.11. The lowest BCUT2D eigenvalue weighted by molar-refractivity contribution is 1.05. The predicted octanol–water partition coefficient (Wildman–Crippen LogP) is 2.21. The monoisotopic (exact) mass is 130 g/mol. The van der Waals surface area contributed by atoms with Gasteiger partial charge in [0.05, 0.1) is 4.20 Å². The predicted molar refractivity (Wildman–Crippen MR) is 38.5 cm³/mol. The van der Waals surface area contributed by atoms with E-state index in [9.17, 15) is 0 Å². The Morgan fingerprint density at radius 1 is 1.86 bits per heavy atom. The molecule has 0 amide bonds. The van der Waals surface area contributed by atoms with E-state index in [1.54, 1.807) is 11.8 Å². The zero-order valence-corrected chi connectivity index (χ0v) is 5.68. The lowest BCUT2D eigenvalue weighted by Gasteiger charge is -1.92. The van der Waals surface area contributed by atoms with Gasteiger partial charge in [0.1, 0.15) is 0 Å². The SMILES string of the molecule is CC1C=CSC1=S. The van der Waals surface area contributed by atoms with Crippen molar-refractivity contribution in [3.8, 4) is 0 Å².